The van der Waals surface area contributed by atoms with Crippen molar-refractivity contribution in [3.8, 4) is 0 Å². The minimum absolute atomic E-state index is 0.173. The van der Waals surface area contributed by atoms with Crippen molar-refractivity contribution in [2.24, 2.45) is 5.73 Å². The van der Waals surface area contributed by atoms with Gasteiger partial charge in [0.25, 0.3) is 5.91 Å². The predicted molar refractivity (Wildman–Crippen MR) is 78.1 cm³/mol. The Bertz CT molecular complexity index is 661. The van der Waals surface area contributed by atoms with E-state index in [2.05, 4.69) is 5.32 Å². The van der Waals surface area contributed by atoms with E-state index in [9.17, 15) is 9.18 Å². The number of halogens is 2. The Hall–Kier alpha value is -2.27. The van der Waals surface area contributed by atoms with Crippen LogP contribution in [-0.2, 0) is 6.54 Å². The summed E-state index contributed by atoms with van der Waals surface area (Å²) in [6.07, 6.45) is 0. The van der Waals surface area contributed by atoms with Gasteiger partial charge in [-0.05, 0) is 18.2 Å². The number of anilines is 2. The van der Waals surface area contributed by atoms with Gasteiger partial charge < -0.3 is 16.8 Å². The molecule has 2 aromatic rings. The van der Waals surface area contributed by atoms with E-state index in [0.29, 0.717) is 16.9 Å². The Morgan fingerprint density at radius 3 is 2.65 bits per heavy atom. The van der Waals surface area contributed by atoms with Crippen LogP contribution in [-0.4, -0.2) is 5.91 Å². The summed E-state index contributed by atoms with van der Waals surface area (Å²) in [4.78, 5) is 11.4. The molecule has 0 bridgehead atoms. The van der Waals surface area contributed by atoms with Crippen LogP contribution >= 0.6 is 11.6 Å². The quantitative estimate of drug-likeness (QED) is 0.758. The lowest BCUT2D eigenvalue weighted by molar-refractivity contribution is 0.100. The van der Waals surface area contributed by atoms with Gasteiger partial charge in [0.15, 0.2) is 0 Å². The number of nitrogens with two attached hydrogens (primary N) is 2. The molecule has 0 saturated carbocycles. The molecule has 4 nitrogen and oxygen atoms in total. The zero-order valence-electron chi connectivity index (χ0n) is 10.5. The molecule has 0 heterocycles. The number of carbonyl (C=O) groups excluding carboxylic acids is 1. The van der Waals surface area contributed by atoms with Gasteiger partial charge in [0.1, 0.15) is 5.82 Å². The molecule has 0 aliphatic carbocycles. The van der Waals surface area contributed by atoms with Crippen molar-refractivity contribution in [3.05, 3.63) is 58.4 Å². The summed E-state index contributed by atoms with van der Waals surface area (Å²) in [5, 5.41) is 3.18. The Labute approximate surface area is 120 Å². The summed E-state index contributed by atoms with van der Waals surface area (Å²) in [6, 6.07) is 9.24. The molecule has 0 radical (unpaired) electrons. The summed E-state index contributed by atoms with van der Waals surface area (Å²) < 4.78 is 13.5. The number of hydrogen-bond donors (Lipinski definition) is 3. The van der Waals surface area contributed by atoms with Gasteiger partial charge in [0, 0.05) is 17.8 Å². The molecule has 0 atom stereocenters. The van der Waals surface area contributed by atoms with Gasteiger partial charge in [-0.15, -0.1) is 0 Å². The SMILES string of the molecule is NC(=O)c1cc(N)cc(Cl)c1NCc1ccccc1F. The third kappa shape index (κ3) is 3.00. The molecular formula is C14H13ClFN3O. The van der Waals surface area contributed by atoms with Crippen LogP contribution in [0.3, 0.4) is 0 Å². The second-order valence-corrected chi connectivity index (χ2v) is 4.64. The highest BCUT2D eigenvalue weighted by atomic mass is 35.5. The van der Waals surface area contributed by atoms with E-state index in [1.807, 2.05) is 0 Å². The third-order valence-corrected chi connectivity index (χ3v) is 3.09. The number of primary amides is 1. The van der Waals surface area contributed by atoms with Crippen LogP contribution < -0.4 is 16.8 Å². The topological polar surface area (TPSA) is 81.1 Å². The number of amides is 1. The zero-order chi connectivity index (χ0) is 14.7. The normalized spacial score (nSPS) is 10.3. The fourth-order valence-corrected chi connectivity index (χ4v) is 2.12. The highest BCUT2D eigenvalue weighted by Crippen LogP contribution is 2.29. The smallest absolute Gasteiger partial charge is 0.250 e. The minimum Gasteiger partial charge on any atom is -0.399 e. The van der Waals surface area contributed by atoms with Gasteiger partial charge in [-0.25, -0.2) is 4.39 Å². The minimum atomic E-state index is -0.657. The Balaban J connectivity index is 2.30. The molecule has 0 aliphatic heterocycles. The second kappa shape index (κ2) is 5.79. The average molecular weight is 294 g/mol. The van der Waals surface area contributed by atoms with Crippen LogP contribution in [0.4, 0.5) is 15.8 Å². The molecule has 2 rings (SSSR count). The molecule has 0 unspecified atom stereocenters. The third-order valence-electron chi connectivity index (χ3n) is 2.79. The Kier molecular flexibility index (Phi) is 4.10. The first-order chi connectivity index (χ1) is 9.49. The lowest BCUT2D eigenvalue weighted by Gasteiger charge is -2.13. The summed E-state index contributed by atoms with van der Waals surface area (Å²) in [7, 11) is 0. The van der Waals surface area contributed by atoms with Crippen LogP contribution in [0.15, 0.2) is 36.4 Å². The van der Waals surface area contributed by atoms with Crippen molar-refractivity contribution in [1.29, 1.82) is 0 Å². The summed E-state index contributed by atoms with van der Waals surface area (Å²) in [5.41, 5.74) is 12.2. The Morgan fingerprint density at radius 1 is 1.30 bits per heavy atom. The molecule has 0 spiro atoms. The molecule has 0 saturated heterocycles. The standard InChI is InChI=1S/C14H13ClFN3O/c15-11-6-9(17)5-10(14(18)20)13(11)19-7-8-3-1-2-4-12(8)16/h1-6,19H,7,17H2,(H2,18,20). The first-order valence-electron chi connectivity index (χ1n) is 5.85. The van der Waals surface area contributed by atoms with Gasteiger partial charge in [0.2, 0.25) is 0 Å². The number of nitrogen functional groups attached to an aromatic ring is 1. The van der Waals surface area contributed by atoms with Crippen molar-refractivity contribution in [3.63, 3.8) is 0 Å². The molecule has 0 aliphatic rings. The van der Waals surface area contributed by atoms with Crippen LogP contribution in [0.5, 0.6) is 0 Å². The molecule has 1 amide bonds. The van der Waals surface area contributed by atoms with E-state index in [0.717, 1.165) is 0 Å². The van der Waals surface area contributed by atoms with E-state index in [1.54, 1.807) is 18.2 Å². The molecule has 5 N–H and O–H groups in total. The zero-order valence-corrected chi connectivity index (χ0v) is 11.2. The van der Waals surface area contributed by atoms with Crippen molar-refractivity contribution in [1.82, 2.24) is 0 Å². The molecule has 104 valence electrons. The number of carbonyl (C=O) groups is 1. The monoisotopic (exact) mass is 293 g/mol. The Morgan fingerprint density at radius 2 is 2.00 bits per heavy atom. The maximum absolute atomic E-state index is 13.5. The highest BCUT2D eigenvalue weighted by Gasteiger charge is 2.13. The molecule has 20 heavy (non-hydrogen) atoms. The van der Waals surface area contributed by atoms with E-state index in [1.165, 1.54) is 18.2 Å². The summed E-state index contributed by atoms with van der Waals surface area (Å²) >= 11 is 6.04. The lowest BCUT2D eigenvalue weighted by Crippen LogP contribution is -2.15. The molecule has 0 fully saturated rings. The van der Waals surface area contributed by atoms with Crippen molar-refractivity contribution < 1.29 is 9.18 Å². The van der Waals surface area contributed by atoms with E-state index in [-0.39, 0.29) is 22.9 Å². The van der Waals surface area contributed by atoms with Gasteiger partial charge in [-0.2, -0.15) is 0 Å². The van der Waals surface area contributed by atoms with E-state index < -0.39 is 5.91 Å². The van der Waals surface area contributed by atoms with Crippen molar-refractivity contribution in [2.45, 2.75) is 6.54 Å². The lowest BCUT2D eigenvalue weighted by atomic mass is 10.1. The van der Waals surface area contributed by atoms with Gasteiger partial charge in [-0.3, -0.25) is 4.79 Å². The second-order valence-electron chi connectivity index (χ2n) is 4.23. The summed E-state index contributed by atoms with van der Waals surface area (Å²) in [5.74, 6) is -0.998. The van der Waals surface area contributed by atoms with Crippen LogP contribution in [0, 0.1) is 5.82 Å². The maximum Gasteiger partial charge on any atom is 0.250 e. The number of nitrogens with one attached hydrogen (secondary N) is 1. The maximum atomic E-state index is 13.5. The fourth-order valence-electron chi connectivity index (χ4n) is 1.83. The first-order valence-corrected chi connectivity index (χ1v) is 6.23. The molecule has 2 aromatic carbocycles. The van der Waals surface area contributed by atoms with Crippen molar-refractivity contribution >= 4 is 28.9 Å². The number of benzene rings is 2. The van der Waals surface area contributed by atoms with Crippen molar-refractivity contribution in [2.75, 3.05) is 11.1 Å². The van der Waals surface area contributed by atoms with Gasteiger partial charge >= 0.3 is 0 Å². The summed E-state index contributed by atoms with van der Waals surface area (Å²) in [6.45, 7) is 0.177. The number of rotatable bonds is 4. The molecular weight excluding hydrogens is 281 g/mol. The van der Waals surface area contributed by atoms with Gasteiger partial charge in [-0.1, -0.05) is 29.8 Å². The van der Waals surface area contributed by atoms with E-state index in [4.69, 9.17) is 23.1 Å². The molecule has 0 aromatic heterocycles. The average Bonchev–Trinajstić information content (AvgIpc) is 2.38. The molecule has 6 heteroatoms. The first kappa shape index (κ1) is 14.1. The van der Waals surface area contributed by atoms with Crippen LogP contribution in [0.1, 0.15) is 15.9 Å². The van der Waals surface area contributed by atoms with Crippen LogP contribution in [0.25, 0.3) is 0 Å². The highest BCUT2D eigenvalue weighted by molar-refractivity contribution is 6.34. The van der Waals surface area contributed by atoms with Gasteiger partial charge in [0.05, 0.1) is 16.3 Å². The largest absolute Gasteiger partial charge is 0.399 e. The van der Waals surface area contributed by atoms with E-state index >= 15 is 0 Å². The predicted octanol–water partition coefficient (Wildman–Crippen LogP) is 2.77. The number of hydrogen-bond acceptors (Lipinski definition) is 3. The van der Waals surface area contributed by atoms with Crippen LogP contribution in [0.2, 0.25) is 5.02 Å². The fraction of sp³-hybridized carbons (Fsp3) is 0.0714.